The van der Waals surface area contributed by atoms with Gasteiger partial charge in [0.1, 0.15) is 5.82 Å². The SMILES string of the molecule is Cc1ccc[n+]([C@H](C(=O)c2ccc(F)cc2)C(=S)NCc2ccccc2)c1. The standard InChI is InChI=1S/C22H19FN2OS/c1-16-6-5-13-25(15-16)20(21(26)18-9-11-19(23)12-10-18)22(27)24-14-17-7-3-2-4-8-17/h2-13,15,20H,14H2,1H3/p+1/t20-/m1/s1. The van der Waals surface area contributed by atoms with Gasteiger partial charge in [0, 0.05) is 23.7 Å². The normalized spacial score (nSPS) is 11.6. The molecule has 0 aliphatic carbocycles. The monoisotopic (exact) mass is 379 g/mol. The lowest BCUT2D eigenvalue weighted by molar-refractivity contribution is -0.692. The van der Waals surface area contributed by atoms with E-state index in [1.165, 1.54) is 24.3 Å². The number of ketones is 1. The van der Waals surface area contributed by atoms with E-state index in [2.05, 4.69) is 5.32 Å². The third kappa shape index (κ3) is 4.83. The van der Waals surface area contributed by atoms with E-state index < -0.39 is 6.04 Å². The Morgan fingerprint density at radius 2 is 1.78 bits per heavy atom. The molecule has 0 amide bonds. The van der Waals surface area contributed by atoms with Gasteiger partial charge >= 0.3 is 0 Å². The van der Waals surface area contributed by atoms with Crippen LogP contribution >= 0.6 is 12.2 Å². The molecule has 3 nitrogen and oxygen atoms in total. The van der Waals surface area contributed by atoms with Crippen molar-refractivity contribution in [3.05, 3.63) is 102 Å². The van der Waals surface area contributed by atoms with Crippen LogP contribution in [-0.2, 0) is 6.54 Å². The van der Waals surface area contributed by atoms with E-state index in [-0.39, 0.29) is 11.6 Å². The maximum atomic E-state index is 13.2. The van der Waals surface area contributed by atoms with Crippen molar-refractivity contribution in [3.63, 3.8) is 0 Å². The molecule has 0 aliphatic heterocycles. The Morgan fingerprint density at radius 1 is 1.07 bits per heavy atom. The largest absolute Gasteiger partial charge is 0.370 e. The number of carbonyl (C=O) groups is 1. The van der Waals surface area contributed by atoms with Gasteiger partial charge in [-0.2, -0.15) is 4.57 Å². The molecule has 2 aromatic carbocycles. The number of nitrogens with zero attached hydrogens (tertiary/aromatic N) is 1. The molecule has 1 N–H and O–H groups in total. The van der Waals surface area contributed by atoms with Crippen LogP contribution in [0.25, 0.3) is 0 Å². The minimum absolute atomic E-state index is 0.184. The van der Waals surface area contributed by atoms with E-state index in [1.807, 2.05) is 61.8 Å². The summed E-state index contributed by atoms with van der Waals surface area (Å²) in [5.74, 6) is -0.563. The molecular weight excluding hydrogens is 359 g/mol. The predicted octanol–water partition coefficient (Wildman–Crippen LogP) is 3.96. The lowest BCUT2D eigenvalue weighted by atomic mass is 10.0. The topological polar surface area (TPSA) is 33.0 Å². The van der Waals surface area contributed by atoms with Gasteiger partial charge < -0.3 is 5.32 Å². The zero-order chi connectivity index (χ0) is 19.2. The number of pyridine rings is 1. The van der Waals surface area contributed by atoms with Gasteiger partial charge in [0.2, 0.25) is 5.78 Å². The molecule has 0 aliphatic rings. The molecule has 3 aromatic rings. The van der Waals surface area contributed by atoms with E-state index in [0.29, 0.717) is 17.1 Å². The smallest absolute Gasteiger partial charge is 0.270 e. The van der Waals surface area contributed by atoms with Crippen LogP contribution in [-0.4, -0.2) is 10.8 Å². The van der Waals surface area contributed by atoms with Crippen LogP contribution in [0.15, 0.2) is 79.1 Å². The third-order valence-electron chi connectivity index (χ3n) is 4.20. The summed E-state index contributed by atoms with van der Waals surface area (Å²) < 4.78 is 15.0. The Balaban J connectivity index is 1.88. The summed E-state index contributed by atoms with van der Waals surface area (Å²) in [5, 5.41) is 3.19. The molecule has 0 fully saturated rings. The summed E-state index contributed by atoms with van der Waals surface area (Å²) >= 11 is 5.58. The highest BCUT2D eigenvalue weighted by Crippen LogP contribution is 2.13. The Kier molecular flexibility index (Phi) is 6.04. The van der Waals surface area contributed by atoms with Gasteiger partial charge in [0.05, 0.1) is 0 Å². The van der Waals surface area contributed by atoms with Crippen molar-refractivity contribution in [2.45, 2.75) is 19.5 Å². The van der Waals surface area contributed by atoms with Gasteiger partial charge in [0.25, 0.3) is 6.04 Å². The fourth-order valence-corrected chi connectivity index (χ4v) is 3.12. The second-order valence-corrected chi connectivity index (χ2v) is 6.75. The van der Waals surface area contributed by atoms with Crippen LogP contribution in [0.3, 0.4) is 0 Å². The molecule has 0 unspecified atom stereocenters. The first-order valence-electron chi connectivity index (χ1n) is 8.63. The number of hydrogen-bond donors (Lipinski definition) is 1. The maximum absolute atomic E-state index is 13.2. The Hall–Kier alpha value is -2.92. The number of rotatable bonds is 6. The van der Waals surface area contributed by atoms with Crippen LogP contribution < -0.4 is 9.88 Å². The molecule has 1 aromatic heterocycles. The van der Waals surface area contributed by atoms with Gasteiger partial charge in [-0.25, -0.2) is 4.39 Å². The fourth-order valence-electron chi connectivity index (χ4n) is 2.82. The number of benzene rings is 2. The maximum Gasteiger partial charge on any atom is 0.270 e. The number of Topliss-reactive ketones (excluding diaryl/α,β-unsaturated/α-hetero) is 1. The number of aromatic nitrogens is 1. The summed E-state index contributed by atoms with van der Waals surface area (Å²) in [6.07, 6.45) is 3.69. The van der Waals surface area contributed by atoms with Crippen molar-refractivity contribution in [1.82, 2.24) is 5.32 Å². The summed E-state index contributed by atoms with van der Waals surface area (Å²) in [5.41, 5.74) is 2.50. The Bertz CT molecular complexity index is 942. The highest BCUT2D eigenvalue weighted by molar-refractivity contribution is 7.80. The zero-order valence-corrected chi connectivity index (χ0v) is 15.7. The van der Waals surface area contributed by atoms with Gasteiger partial charge in [0.15, 0.2) is 17.4 Å². The summed E-state index contributed by atoms with van der Waals surface area (Å²) in [7, 11) is 0. The van der Waals surface area contributed by atoms with Crippen molar-refractivity contribution in [2.24, 2.45) is 0 Å². The van der Waals surface area contributed by atoms with Gasteiger partial charge in [-0.05, 0) is 42.8 Å². The predicted molar refractivity (Wildman–Crippen MR) is 107 cm³/mol. The van der Waals surface area contributed by atoms with Gasteiger partial charge in [-0.3, -0.25) is 4.79 Å². The molecule has 0 spiro atoms. The highest BCUT2D eigenvalue weighted by atomic mass is 32.1. The van der Waals surface area contributed by atoms with Crippen LogP contribution in [0.5, 0.6) is 0 Å². The van der Waals surface area contributed by atoms with Crippen LogP contribution in [0.4, 0.5) is 4.39 Å². The number of thiocarbonyl (C=S) groups is 1. The second kappa shape index (κ2) is 8.64. The summed E-state index contributed by atoms with van der Waals surface area (Å²) in [4.78, 5) is 13.6. The van der Waals surface area contributed by atoms with Gasteiger partial charge in [-0.1, -0.05) is 42.5 Å². The number of aryl methyl sites for hydroxylation is 1. The molecule has 0 saturated carbocycles. The minimum Gasteiger partial charge on any atom is -0.370 e. The van der Waals surface area contributed by atoms with E-state index in [4.69, 9.17) is 12.2 Å². The first-order valence-corrected chi connectivity index (χ1v) is 9.04. The molecule has 5 heteroatoms. The Morgan fingerprint density at radius 3 is 2.44 bits per heavy atom. The summed E-state index contributed by atoms with van der Waals surface area (Å²) in [6, 6.07) is 18.5. The molecule has 0 radical (unpaired) electrons. The van der Waals surface area contributed by atoms with E-state index in [9.17, 15) is 9.18 Å². The molecule has 1 heterocycles. The third-order valence-corrected chi connectivity index (χ3v) is 4.57. The van der Waals surface area contributed by atoms with Crippen LogP contribution in [0.1, 0.15) is 27.5 Å². The number of nitrogens with one attached hydrogen (secondary N) is 1. The van der Waals surface area contributed by atoms with Crippen LogP contribution in [0.2, 0.25) is 0 Å². The van der Waals surface area contributed by atoms with Crippen molar-refractivity contribution >= 4 is 23.0 Å². The quantitative estimate of drug-likeness (QED) is 0.400. The van der Waals surface area contributed by atoms with E-state index >= 15 is 0 Å². The van der Waals surface area contributed by atoms with E-state index in [0.717, 1.165) is 11.1 Å². The molecule has 3 rings (SSSR count). The molecule has 1 atom stereocenters. The first-order chi connectivity index (χ1) is 13.0. The van der Waals surface area contributed by atoms with Crippen molar-refractivity contribution in [1.29, 1.82) is 0 Å². The molecule has 136 valence electrons. The summed E-state index contributed by atoms with van der Waals surface area (Å²) in [6.45, 7) is 2.48. The van der Waals surface area contributed by atoms with E-state index in [1.54, 1.807) is 4.57 Å². The van der Waals surface area contributed by atoms with Crippen molar-refractivity contribution in [3.8, 4) is 0 Å². The number of carbonyl (C=O) groups excluding carboxylic acids is 1. The number of hydrogen-bond acceptors (Lipinski definition) is 2. The van der Waals surface area contributed by atoms with Crippen molar-refractivity contribution in [2.75, 3.05) is 0 Å². The zero-order valence-electron chi connectivity index (χ0n) is 14.9. The number of halogens is 1. The average Bonchev–Trinajstić information content (AvgIpc) is 2.68. The lowest BCUT2D eigenvalue weighted by Crippen LogP contribution is -2.51. The molecule has 0 saturated heterocycles. The molecule has 27 heavy (non-hydrogen) atoms. The van der Waals surface area contributed by atoms with Gasteiger partial charge in [-0.15, -0.1) is 0 Å². The first kappa shape index (κ1) is 18.9. The Labute approximate surface area is 163 Å². The second-order valence-electron chi connectivity index (χ2n) is 6.31. The fraction of sp³-hybridized carbons (Fsp3) is 0.136. The molecule has 0 bridgehead atoms. The molecular formula is C22H20FN2OS+. The lowest BCUT2D eigenvalue weighted by Gasteiger charge is -2.15. The average molecular weight is 379 g/mol. The van der Waals surface area contributed by atoms with Crippen molar-refractivity contribution < 1.29 is 13.8 Å². The van der Waals surface area contributed by atoms with Crippen LogP contribution in [0, 0.1) is 12.7 Å². The highest BCUT2D eigenvalue weighted by Gasteiger charge is 2.33. The minimum atomic E-state index is -0.700.